The minimum Gasteiger partial charge on any atom is -0.481 e. The molecule has 1 unspecified atom stereocenters. The lowest BCUT2D eigenvalue weighted by Gasteiger charge is -2.24. The van der Waals surface area contributed by atoms with Gasteiger partial charge in [0.05, 0.1) is 5.41 Å². The molecule has 1 aromatic rings. The van der Waals surface area contributed by atoms with Crippen LogP contribution in [0.5, 0.6) is 0 Å². The highest BCUT2D eigenvalue weighted by molar-refractivity contribution is 7.09. The first-order chi connectivity index (χ1) is 10.1. The van der Waals surface area contributed by atoms with Crippen molar-refractivity contribution in [1.29, 1.82) is 0 Å². The van der Waals surface area contributed by atoms with Gasteiger partial charge in [0.1, 0.15) is 0 Å². The number of likely N-dealkylation sites (tertiary alicyclic amines) is 1. The van der Waals surface area contributed by atoms with E-state index in [9.17, 15) is 14.7 Å². The van der Waals surface area contributed by atoms with Gasteiger partial charge in [0.2, 0.25) is 5.91 Å². The first kappa shape index (κ1) is 16.0. The van der Waals surface area contributed by atoms with Gasteiger partial charge in [-0.15, -0.1) is 11.3 Å². The zero-order valence-corrected chi connectivity index (χ0v) is 13.3. The highest BCUT2D eigenvalue weighted by atomic mass is 32.1. The lowest BCUT2D eigenvalue weighted by Crippen LogP contribution is -2.36. The van der Waals surface area contributed by atoms with E-state index in [-0.39, 0.29) is 5.91 Å². The van der Waals surface area contributed by atoms with E-state index >= 15 is 0 Å². The van der Waals surface area contributed by atoms with Crippen LogP contribution in [0.2, 0.25) is 0 Å². The highest BCUT2D eigenvalue weighted by Crippen LogP contribution is 2.35. The van der Waals surface area contributed by atoms with Crippen molar-refractivity contribution in [2.75, 3.05) is 13.1 Å². The molecule has 0 aromatic carbocycles. The van der Waals surface area contributed by atoms with Gasteiger partial charge in [0, 0.05) is 24.4 Å². The fraction of sp³-hybridized carbons (Fsp3) is 0.625. The molecule has 4 nitrogen and oxygen atoms in total. The number of carboxylic acid groups (broad SMARTS) is 1. The van der Waals surface area contributed by atoms with Crippen LogP contribution in [0.1, 0.15) is 43.9 Å². The number of hydrogen-bond donors (Lipinski definition) is 1. The molecule has 1 saturated heterocycles. The molecule has 1 fully saturated rings. The van der Waals surface area contributed by atoms with Crippen LogP contribution in [-0.4, -0.2) is 35.0 Å². The van der Waals surface area contributed by atoms with Crippen molar-refractivity contribution in [1.82, 2.24) is 4.90 Å². The highest BCUT2D eigenvalue weighted by Gasteiger charge is 2.45. The fourth-order valence-corrected chi connectivity index (χ4v) is 3.83. The Hall–Kier alpha value is -1.36. The fourth-order valence-electron chi connectivity index (χ4n) is 3.08. The quantitative estimate of drug-likeness (QED) is 0.841. The summed E-state index contributed by atoms with van der Waals surface area (Å²) in [6, 6.07) is 4.11. The molecule has 2 heterocycles. The SMILES string of the molecule is CCCC1(C(=O)O)CCN(C(=O)CCCc2cccs2)C1. The number of aryl methyl sites for hydroxylation is 1. The largest absolute Gasteiger partial charge is 0.481 e. The van der Waals surface area contributed by atoms with Crippen molar-refractivity contribution in [2.24, 2.45) is 5.41 Å². The van der Waals surface area contributed by atoms with Gasteiger partial charge in [-0.05, 0) is 37.1 Å². The molecule has 5 heteroatoms. The molecule has 2 rings (SSSR count). The normalized spacial score (nSPS) is 21.7. The van der Waals surface area contributed by atoms with Gasteiger partial charge in [0.15, 0.2) is 0 Å². The second-order valence-corrected chi connectivity index (χ2v) is 6.87. The van der Waals surface area contributed by atoms with Crippen molar-refractivity contribution in [3.63, 3.8) is 0 Å². The van der Waals surface area contributed by atoms with E-state index in [1.165, 1.54) is 4.88 Å². The van der Waals surface area contributed by atoms with Crippen LogP contribution in [0.25, 0.3) is 0 Å². The summed E-state index contributed by atoms with van der Waals surface area (Å²) in [7, 11) is 0. The number of carbonyl (C=O) groups excluding carboxylic acids is 1. The molecular formula is C16H23NO3S. The Balaban J connectivity index is 1.82. The number of amides is 1. The average molecular weight is 309 g/mol. The van der Waals surface area contributed by atoms with Crippen molar-refractivity contribution in [2.45, 2.75) is 45.4 Å². The number of nitrogens with zero attached hydrogens (tertiary/aromatic N) is 1. The van der Waals surface area contributed by atoms with E-state index in [0.717, 1.165) is 19.3 Å². The Bertz CT molecular complexity index is 486. The molecule has 1 N–H and O–H groups in total. The molecule has 0 radical (unpaired) electrons. The van der Waals surface area contributed by atoms with Crippen LogP contribution in [0.4, 0.5) is 0 Å². The van der Waals surface area contributed by atoms with Gasteiger partial charge in [0.25, 0.3) is 0 Å². The predicted molar refractivity (Wildman–Crippen MR) is 83.4 cm³/mol. The number of carbonyl (C=O) groups is 2. The van der Waals surface area contributed by atoms with Gasteiger partial charge < -0.3 is 10.0 Å². The summed E-state index contributed by atoms with van der Waals surface area (Å²) < 4.78 is 0. The van der Waals surface area contributed by atoms with Gasteiger partial charge in [-0.3, -0.25) is 9.59 Å². The van der Waals surface area contributed by atoms with Crippen LogP contribution in [0.15, 0.2) is 17.5 Å². The summed E-state index contributed by atoms with van der Waals surface area (Å²) in [4.78, 5) is 26.8. The molecule has 0 bridgehead atoms. The predicted octanol–water partition coefficient (Wildman–Crippen LogP) is 3.17. The van der Waals surface area contributed by atoms with Crippen LogP contribution >= 0.6 is 11.3 Å². The summed E-state index contributed by atoms with van der Waals surface area (Å²) in [5.74, 6) is -0.649. The number of aliphatic carboxylic acids is 1. The van der Waals surface area contributed by atoms with Crippen molar-refractivity contribution in [3.05, 3.63) is 22.4 Å². The van der Waals surface area contributed by atoms with Gasteiger partial charge in [-0.2, -0.15) is 0 Å². The molecule has 1 aromatic heterocycles. The van der Waals surface area contributed by atoms with Crippen LogP contribution in [0, 0.1) is 5.41 Å². The number of hydrogen-bond acceptors (Lipinski definition) is 3. The number of rotatable bonds is 7. The van der Waals surface area contributed by atoms with E-state index in [2.05, 4.69) is 6.07 Å². The lowest BCUT2D eigenvalue weighted by molar-refractivity contribution is -0.149. The third-order valence-electron chi connectivity index (χ3n) is 4.28. The molecular weight excluding hydrogens is 286 g/mol. The van der Waals surface area contributed by atoms with Crippen LogP contribution < -0.4 is 0 Å². The monoisotopic (exact) mass is 309 g/mol. The van der Waals surface area contributed by atoms with E-state index in [1.807, 2.05) is 18.4 Å². The Morgan fingerprint density at radius 3 is 2.90 bits per heavy atom. The maximum Gasteiger partial charge on any atom is 0.311 e. The lowest BCUT2D eigenvalue weighted by atomic mass is 9.83. The van der Waals surface area contributed by atoms with Crippen molar-refractivity contribution >= 4 is 23.2 Å². The maximum atomic E-state index is 12.2. The summed E-state index contributed by atoms with van der Waals surface area (Å²) >= 11 is 1.71. The maximum absolute atomic E-state index is 12.2. The first-order valence-electron chi connectivity index (χ1n) is 7.61. The third-order valence-corrected chi connectivity index (χ3v) is 5.22. The summed E-state index contributed by atoms with van der Waals surface area (Å²) in [5, 5.41) is 11.5. The van der Waals surface area contributed by atoms with E-state index in [1.54, 1.807) is 16.2 Å². The molecule has 1 amide bonds. The minimum atomic E-state index is -0.752. The zero-order chi connectivity index (χ0) is 15.3. The second kappa shape index (κ2) is 7.07. The number of carboxylic acids is 1. The molecule has 116 valence electrons. The van der Waals surface area contributed by atoms with Crippen molar-refractivity contribution < 1.29 is 14.7 Å². The molecule has 21 heavy (non-hydrogen) atoms. The molecule has 0 saturated carbocycles. The molecule has 0 spiro atoms. The zero-order valence-electron chi connectivity index (χ0n) is 12.5. The summed E-state index contributed by atoms with van der Waals surface area (Å²) in [6.45, 7) is 2.97. The Morgan fingerprint density at radius 2 is 2.29 bits per heavy atom. The minimum absolute atomic E-state index is 0.103. The third kappa shape index (κ3) is 3.84. The van der Waals surface area contributed by atoms with E-state index in [0.29, 0.717) is 32.4 Å². The van der Waals surface area contributed by atoms with E-state index < -0.39 is 11.4 Å². The first-order valence-corrected chi connectivity index (χ1v) is 8.49. The van der Waals surface area contributed by atoms with Gasteiger partial charge in [-0.25, -0.2) is 0 Å². The molecule has 1 aliphatic heterocycles. The second-order valence-electron chi connectivity index (χ2n) is 5.83. The molecule has 1 atom stereocenters. The Morgan fingerprint density at radius 1 is 1.48 bits per heavy atom. The van der Waals surface area contributed by atoms with Crippen LogP contribution in [-0.2, 0) is 16.0 Å². The molecule has 0 aliphatic carbocycles. The Kier molecular flexibility index (Phi) is 5.39. The van der Waals surface area contributed by atoms with Crippen LogP contribution in [0.3, 0.4) is 0 Å². The molecule has 1 aliphatic rings. The number of thiophene rings is 1. The smallest absolute Gasteiger partial charge is 0.311 e. The average Bonchev–Trinajstić information content (AvgIpc) is 3.09. The van der Waals surface area contributed by atoms with Crippen molar-refractivity contribution in [3.8, 4) is 0 Å². The van der Waals surface area contributed by atoms with Gasteiger partial charge in [-0.1, -0.05) is 19.4 Å². The van der Waals surface area contributed by atoms with E-state index in [4.69, 9.17) is 0 Å². The van der Waals surface area contributed by atoms with Gasteiger partial charge >= 0.3 is 5.97 Å². The standard InChI is InChI=1S/C16H23NO3S/c1-2-8-16(15(19)20)9-10-17(12-16)14(18)7-3-5-13-6-4-11-21-13/h4,6,11H,2-3,5,7-10,12H2,1H3,(H,19,20). The summed E-state index contributed by atoms with van der Waals surface area (Å²) in [6.07, 6.45) is 4.36. The Labute approximate surface area is 129 Å². The topological polar surface area (TPSA) is 57.6 Å². The summed E-state index contributed by atoms with van der Waals surface area (Å²) in [5.41, 5.74) is -0.710.